The highest BCUT2D eigenvalue weighted by Gasteiger charge is 2.12. The Kier molecular flexibility index (Phi) is 4.52. The zero-order chi connectivity index (χ0) is 15.4. The molecule has 0 spiro atoms. The first-order valence-electron chi connectivity index (χ1n) is 6.52. The van der Waals surface area contributed by atoms with Crippen LogP contribution in [0.2, 0.25) is 0 Å². The lowest BCUT2D eigenvalue weighted by Crippen LogP contribution is -2.08. The third-order valence-electron chi connectivity index (χ3n) is 3.25. The summed E-state index contributed by atoms with van der Waals surface area (Å²) in [5, 5.41) is 12.7. The Balaban J connectivity index is 2.23. The highest BCUT2D eigenvalue weighted by molar-refractivity contribution is 5.52. The molecule has 0 amide bonds. The molecular weight excluding hydrogens is 273 g/mol. The van der Waals surface area contributed by atoms with Gasteiger partial charge in [-0.3, -0.25) is 0 Å². The van der Waals surface area contributed by atoms with Gasteiger partial charge in [0.2, 0.25) is 0 Å². The number of hydrogen-bond acceptors (Lipinski definition) is 4. The number of phenols is 1. The number of phenolic OH excluding ortho intramolecular Hbond substituents is 1. The van der Waals surface area contributed by atoms with E-state index in [1.165, 1.54) is 20.3 Å². The molecule has 2 aromatic rings. The average Bonchev–Trinajstić information content (AvgIpc) is 2.49. The van der Waals surface area contributed by atoms with Crippen LogP contribution >= 0.6 is 0 Å². The van der Waals surface area contributed by atoms with E-state index in [0.29, 0.717) is 17.2 Å². The Morgan fingerprint density at radius 3 is 2.52 bits per heavy atom. The number of benzene rings is 2. The number of aromatic hydroxyl groups is 1. The van der Waals surface area contributed by atoms with E-state index >= 15 is 0 Å². The zero-order valence-corrected chi connectivity index (χ0v) is 12.2. The minimum atomic E-state index is -0.353. The fraction of sp³-hybridized carbons (Fsp3) is 0.250. The molecule has 112 valence electrons. The lowest BCUT2D eigenvalue weighted by molar-refractivity contribution is 0.373. The van der Waals surface area contributed by atoms with Crippen LogP contribution < -0.4 is 14.8 Å². The minimum Gasteiger partial charge on any atom is -0.504 e. The Morgan fingerprint density at radius 2 is 1.86 bits per heavy atom. The van der Waals surface area contributed by atoms with Crippen molar-refractivity contribution in [2.24, 2.45) is 0 Å². The SMILES string of the molecule is COc1ccc(F)c(NC(C)c2ccc(O)c(OC)c2)c1. The molecule has 2 rings (SSSR count). The molecule has 0 aliphatic heterocycles. The molecule has 1 atom stereocenters. The summed E-state index contributed by atoms with van der Waals surface area (Å²) < 4.78 is 24.0. The van der Waals surface area contributed by atoms with Gasteiger partial charge in [-0.2, -0.15) is 0 Å². The van der Waals surface area contributed by atoms with E-state index in [-0.39, 0.29) is 17.6 Å². The van der Waals surface area contributed by atoms with E-state index in [4.69, 9.17) is 9.47 Å². The largest absolute Gasteiger partial charge is 0.504 e. The number of rotatable bonds is 5. The summed E-state index contributed by atoms with van der Waals surface area (Å²) in [5.41, 5.74) is 1.22. The van der Waals surface area contributed by atoms with E-state index in [1.807, 2.05) is 6.92 Å². The van der Waals surface area contributed by atoms with Crippen LogP contribution in [0.4, 0.5) is 10.1 Å². The van der Waals surface area contributed by atoms with Gasteiger partial charge in [0, 0.05) is 12.1 Å². The molecule has 5 heteroatoms. The summed E-state index contributed by atoms with van der Waals surface area (Å²) in [7, 11) is 3.02. The summed E-state index contributed by atoms with van der Waals surface area (Å²) in [6, 6.07) is 9.37. The molecule has 2 N–H and O–H groups in total. The number of nitrogens with one attached hydrogen (secondary N) is 1. The van der Waals surface area contributed by atoms with Gasteiger partial charge < -0.3 is 19.9 Å². The molecule has 0 fully saturated rings. The van der Waals surface area contributed by atoms with Gasteiger partial charge in [0.05, 0.1) is 19.9 Å². The highest BCUT2D eigenvalue weighted by Crippen LogP contribution is 2.31. The Bertz CT molecular complexity index is 631. The predicted octanol–water partition coefficient (Wildman–Crippen LogP) is 3.72. The Labute approximate surface area is 123 Å². The van der Waals surface area contributed by atoms with Gasteiger partial charge in [0.1, 0.15) is 11.6 Å². The molecule has 0 saturated carbocycles. The zero-order valence-electron chi connectivity index (χ0n) is 12.2. The van der Waals surface area contributed by atoms with Gasteiger partial charge in [-0.05, 0) is 36.8 Å². The van der Waals surface area contributed by atoms with Gasteiger partial charge in [0.25, 0.3) is 0 Å². The summed E-state index contributed by atoms with van der Waals surface area (Å²) in [6.07, 6.45) is 0. The van der Waals surface area contributed by atoms with Crippen LogP contribution in [-0.2, 0) is 0 Å². The van der Waals surface area contributed by atoms with E-state index in [9.17, 15) is 9.50 Å². The minimum absolute atomic E-state index is 0.0704. The quantitative estimate of drug-likeness (QED) is 0.881. The van der Waals surface area contributed by atoms with Crippen LogP contribution in [0.25, 0.3) is 0 Å². The molecule has 21 heavy (non-hydrogen) atoms. The van der Waals surface area contributed by atoms with Crippen molar-refractivity contribution in [2.45, 2.75) is 13.0 Å². The van der Waals surface area contributed by atoms with Crippen molar-refractivity contribution in [3.8, 4) is 17.2 Å². The smallest absolute Gasteiger partial charge is 0.160 e. The maximum Gasteiger partial charge on any atom is 0.160 e. The lowest BCUT2D eigenvalue weighted by Gasteiger charge is -2.18. The van der Waals surface area contributed by atoms with Crippen molar-refractivity contribution in [1.29, 1.82) is 0 Å². The second-order valence-corrected chi connectivity index (χ2v) is 4.64. The molecule has 2 aromatic carbocycles. The summed E-state index contributed by atoms with van der Waals surface area (Å²) in [6.45, 7) is 1.89. The first-order chi connectivity index (χ1) is 10.0. The molecule has 0 aliphatic rings. The van der Waals surface area contributed by atoms with Crippen molar-refractivity contribution < 1.29 is 19.0 Å². The molecule has 4 nitrogen and oxygen atoms in total. The summed E-state index contributed by atoms with van der Waals surface area (Å²) >= 11 is 0. The highest BCUT2D eigenvalue weighted by atomic mass is 19.1. The monoisotopic (exact) mass is 291 g/mol. The fourth-order valence-electron chi connectivity index (χ4n) is 2.02. The molecule has 0 aromatic heterocycles. The van der Waals surface area contributed by atoms with Crippen LogP contribution in [0.15, 0.2) is 36.4 Å². The molecule has 0 radical (unpaired) electrons. The lowest BCUT2D eigenvalue weighted by atomic mass is 10.1. The van der Waals surface area contributed by atoms with E-state index < -0.39 is 0 Å². The van der Waals surface area contributed by atoms with Crippen molar-refractivity contribution in [3.63, 3.8) is 0 Å². The normalized spacial score (nSPS) is 11.8. The molecule has 0 bridgehead atoms. The predicted molar refractivity (Wildman–Crippen MR) is 79.6 cm³/mol. The van der Waals surface area contributed by atoms with Crippen molar-refractivity contribution in [2.75, 3.05) is 19.5 Å². The second-order valence-electron chi connectivity index (χ2n) is 4.64. The van der Waals surface area contributed by atoms with Gasteiger partial charge in [-0.1, -0.05) is 6.07 Å². The topological polar surface area (TPSA) is 50.7 Å². The first-order valence-corrected chi connectivity index (χ1v) is 6.52. The molecule has 1 unspecified atom stereocenters. The standard InChI is InChI=1S/C16H18FNO3/c1-10(11-4-7-15(19)16(8-11)21-3)18-14-9-12(20-2)5-6-13(14)17/h4-10,18-19H,1-3H3. The van der Waals surface area contributed by atoms with Crippen molar-refractivity contribution >= 4 is 5.69 Å². The average molecular weight is 291 g/mol. The molecular formula is C16H18FNO3. The van der Waals surface area contributed by atoms with E-state index in [1.54, 1.807) is 30.3 Å². The van der Waals surface area contributed by atoms with Crippen molar-refractivity contribution in [3.05, 3.63) is 47.8 Å². The second kappa shape index (κ2) is 6.35. The molecule has 0 aliphatic carbocycles. The van der Waals surface area contributed by atoms with Crippen LogP contribution in [0.3, 0.4) is 0 Å². The number of ether oxygens (including phenoxy) is 2. The van der Waals surface area contributed by atoms with Crippen LogP contribution in [-0.4, -0.2) is 19.3 Å². The van der Waals surface area contributed by atoms with Gasteiger partial charge in [-0.25, -0.2) is 4.39 Å². The van der Waals surface area contributed by atoms with Gasteiger partial charge in [-0.15, -0.1) is 0 Å². The number of anilines is 1. The van der Waals surface area contributed by atoms with Crippen LogP contribution in [0.1, 0.15) is 18.5 Å². The number of hydrogen-bond donors (Lipinski definition) is 2. The van der Waals surface area contributed by atoms with Crippen LogP contribution in [0.5, 0.6) is 17.2 Å². The van der Waals surface area contributed by atoms with Gasteiger partial charge >= 0.3 is 0 Å². The van der Waals surface area contributed by atoms with Crippen LogP contribution in [0, 0.1) is 5.82 Å². The Morgan fingerprint density at radius 1 is 1.10 bits per heavy atom. The maximum absolute atomic E-state index is 13.8. The summed E-state index contributed by atoms with van der Waals surface area (Å²) in [5.74, 6) is 0.677. The molecule has 0 saturated heterocycles. The third kappa shape index (κ3) is 3.37. The number of methoxy groups -OCH3 is 2. The Hall–Kier alpha value is -2.43. The summed E-state index contributed by atoms with van der Waals surface area (Å²) in [4.78, 5) is 0. The van der Waals surface area contributed by atoms with Crippen molar-refractivity contribution in [1.82, 2.24) is 0 Å². The fourth-order valence-corrected chi connectivity index (χ4v) is 2.02. The van der Waals surface area contributed by atoms with E-state index in [0.717, 1.165) is 5.56 Å². The molecule has 0 heterocycles. The van der Waals surface area contributed by atoms with E-state index in [2.05, 4.69) is 5.32 Å². The van der Waals surface area contributed by atoms with Gasteiger partial charge in [0.15, 0.2) is 11.5 Å². The first kappa shape index (κ1) is 15.0. The maximum atomic E-state index is 13.8. The number of halogens is 1. The third-order valence-corrected chi connectivity index (χ3v) is 3.25.